The number of carbonyl (C=O) groups is 1. The van der Waals surface area contributed by atoms with Crippen LogP contribution < -0.4 is 0 Å². The molecule has 4 heteroatoms. The Labute approximate surface area is 143 Å². The molecule has 2 aromatic carbocycles. The van der Waals surface area contributed by atoms with Crippen LogP contribution in [0.2, 0.25) is 0 Å². The van der Waals surface area contributed by atoms with Crippen LogP contribution in [0.1, 0.15) is 52.1 Å². The van der Waals surface area contributed by atoms with Gasteiger partial charge in [0, 0.05) is 6.04 Å². The summed E-state index contributed by atoms with van der Waals surface area (Å²) >= 11 is 0. The van der Waals surface area contributed by atoms with Gasteiger partial charge in [-0.25, -0.2) is 4.79 Å². The van der Waals surface area contributed by atoms with Gasteiger partial charge >= 0.3 is 6.09 Å². The number of hydrogen-bond acceptors (Lipinski definition) is 3. The van der Waals surface area contributed by atoms with E-state index >= 15 is 0 Å². The highest BCUT2D eigenvalue weighted by Crippen LogP contribution is 2.37. The van der Waals surface area contributed by atoms with Crippen molar-refractivity contribution < 1.29 is 14.6 Å². The lowest BCUT2D eigenvalue weighted by Crippen LogP contribution is -2.39. The van der Waals surface area contributed by atoms with E-state index in [1.165, 1.54) is 0 Å². The van der Waals surface area contributed by atoms with Gasteiger partial charge in [-0.1, -0.05) is 12.1 Å². The van der Waals surface area contributed by atoms with Gasteiger partial charge in [-0.05, 0) is 75.8 Å². The molecule has 0 aromatic heterocycles. The van der Waals surface area contributed by atoms with Gasteiger partial charge in [0.15, 0.2) is 0 Å². The van der Waals surface area contributed by atoms with Crippen LogP contribution in [0.3, 0.4) is 0 Å². The Morgan fingerprint density at radius 3 is 2.71 bits per heavy atom. The van der Waals surface area contributed by atoms with E-state index < -0.39 is 5.60 Å². The molecule has 24 heavy (non-hydrogen) atoms. The monoisotopic (exact) mass is 325 g/mol. The number of aromatic hydroxyl groups is 1. The van der Waals surface area contributed by atoms with Gasteiger partial charge in [0.05, 0.1) is 11.4 Å². The number of phenols is 1. The molecule has 1 saturated carbocycles. The second kappa shape index (κ2) is 5.90. The van der Waals surface area contributed by atoms with Crippen LogP contribution in [0.15, 0.2) is 24.3 Å². The molecule has 1 aliphatic carbocycles. The van der Waals surface area contributed by atoms with Gasteiger partial charge in [0.25, 0.3) is 0 Å². The number of fused-ring (bicyclic) bond motifs is 1. The van der Waals surface area contributed by atoms with Crippen molar-refractivity contribution in [1.29, 1.82) is 0 Å². The molecule has 1 unspecified atom stereocenters. The maximum absolute atomic E-state index is 12.6. The number of ether oxygens (including phenoxy) is 1. The first kappa shape index (κ1) is 16.4. The van der Waals surface area contributed by atoms with Crippen molar-refractivity contribution in [1.82, 2.24) is 4.90 Å². The zero-order valence-electron chi connectivity index (χ0n) is 14.6. The second-order valence-corrected chi connectivity index (χ2v) is 7.40. The predicted octanol–water partition coefficient (Wildman–Crippen LogP) is 4.61. The highest BCUT2D eigenvalue weighted by Gasteiger charge is 2.38. The fourth-order valence-electron chi connectivity index (χ4n) is 2.88. The predicted molar refractivity (Wildman–Crippen MR) is 92.8 cm³/mol. The van der Waals surface area contributed by atoms with E-state index in [9.17, 15) is 9.90 Å². The SMILES string of the molecule is CC(c1cc(O)c2c#cccc2c1)N(C(=O)OC(C)(C)C)C1CC1. The molecule has 0 radical (unpaired) electrons. The Balaban J connectivity index is 1.93. The van der Waals surface area contributed by atoms with Crippen molar-refractivity contribution in [2.24, 2.45) is 0 Å². The maximum atomic E-state index is 12.6. The molecular formula is C20H23NO3. The van der Waals surface area contributed by atoms with Crippen molar-refractivity contribution in [3.63, 3.8) is 0 Å². The fourth-order valence-corrected chi connectivity index (χ4v) is 2.88. The number of hydrogen-bond donors (Lipinski definition) is 1. The van der Waals surface area contributed by atoms with Gasteiger partial charge < -0.3 is 9.84 Å². The normalized spacial score (nSPS) is 15.7. The lowest BCUT2D eigenvalue weighted by molar-refractivity contribution is 0.0153. The summed E-state index contributed by atoms with van der Waals surface area (Å²) in [6.07, 6.45) is 1.68. The minimum Gasteiger partial charge on any atom is -0.507 e. The molecule has 4 nitrogen and oxygen atoms in total. The number of benzene rings is 1. The van der Waals surface area contributed by atoms with Crippen molar-refractivity contribution in [3.8, 4) is 5.75 Å². The molecule has 1 amide bonds. The zero-order chi connectivity index (χ0) is 17.5. The van der Waals surface area contributed by atoms with Gasteiger partial charge in [0.2, 0.25) is 0 Å². The summed E-state index contributed by atoms with van der Waals surface area (Å²) in [4.78, 5) is 14.4. The van der Waals surface area contributed by atoms with Crippen LogP contribution in [0.25, 0.3) is 10.8 Å². The van der Waals surface area contributed by atoms with Gasteiger partial charge in [-0.15, -0.1) is 0 Å². The standard InChI is InChI=1S/C20H23NO3/c1-13(21(16-9-10-16)19(23)24-20(2,3)4)15-11-14-7-5-6-8-17(14)18(22)12-15/h5,7,11-13,16,22H,9-10H2,1-4H3. The number of rotatable bonds is 3. The van der Waals surface area contributed by atoms with E-state index in [0.717, 1.165) is 23.8 Å². The van der Waals surface area contributed by atoms with E-state index in [2.05, 4.69) is 12.1 Å². The Hall–Kier alpha value is -2.41. The number of nitrogens with zero attached hydrogens (tertiary/aromatic N) is 1. The average Bonchev–Trinajstić information content (AvgIpc) is 3.30. The largest absolute Gasteiger partial charge is 0.507 e. The fraction of sp³-hybridized carbons (Fsp3) is 0.450. The highest BCUT2D eigenvalue weighted by molar-refractivity contribution is 5.87. The molecule has 0 saturated heterocycles. The first-order valence-corrected chi connectivity index (χ1v) is 8.32. The minimum absolute atomic E-state index is 0.158. The Morgan fingerprint density at radius 2 is 2.08 bits per heavy atom. The molecule has 126 valence electrons. The van der Waals surface area contributed by atoms with Crippen LogP contribution in [-0.4, -0.2) is 27.7 Å². The Kier molecular flexibility index (Phi) is 4.04. The van der Waals surface area contributed by atoms with Gasteiger partial charge in [-0.2, -0.15) is 0 Å². The summed E-state index contributed by atoms with van der Waals surface area (Å²) in [5.74, 6) is 0.158. The molecule has 1 fully saturated rings. The molecular weight excluding hydrogens is 302 g/mol. The highest BCUT2D eigenvalue weighted by atomic mass is 16.6. The second-order valence-electron chi connectivity index (χ2n) is 7.40. The first-order chi connectivity index (χ1) is 11.3. The van der Waals surface area contributed by atoms with Crippen LogP contribution in [0.4, 0.5) is 4.79 Å². The third-order valence-electron chi connectivity index (χ3n) is 4.16. The van der Waals surface area contributed by atoms with Crippen LogP contribution in [-0.2, 0) is 4.74 Å². The third kappa shape index (κ3) is 3.41. The molecule has 3 rings (SSSR count). The van der Waals surface area contributed by atoms with E-state index in [4.69, 9.17) is 4.74 Å². The quantitative estimate of drug-likeness (QED) is 0.897. The lowest BCUT2D eigenvalue weighted by atomic mass is 10.0. The summed E-state index contributed by atoms with van der Waals surface area (Å²) in [6, 6.07) is 13.2. The number of carbonyl (C=O) groups excluding carboxylic acids is 1. The average molecular weight is 325 g/mol. The Morgan fingerprint density at radius 1 is 1.38 bits per heavy atom. The molecule has 0 spiro atoms. The summed E-state index contributed by atoms with van der Waals surface area (Å²) in [5.41, 5.74) is 0.359. The van der Waals surface area contributed by atoms with Crippen LogP contribution in [0.5, 0.6) is 5.75 Å². The summed E-state index contributed by atoms with van der Waals surface area (Å²) in [6.45, 7) is 7.58. The van der Waals surface area contributed by atoms with Crippen molar-refractivity contribution in [3.05, 3.63) is 42.0 Å². The van der Waals surface area contributed by atoms with E-state index in [0.29, 0.717) is 5.39 Å². The smallest absolute Gasteiger partial charge is 0.411 e. The third-order valence-corrected chi connectivity index (χ3v) is 4.16. The number of phenolic OH excluding ortho intramolecular Hbond substituents is 1. The van der Waals surface area contributed by atoms with E-state index in [1.54, 1.807) is 17.0 Å². The summed E-state index contributed by atoms with van der Waals surface area (Å²) in [7, 11) is 0. The van der Waals surface area contributed by atoms with Crippen LogP contribution in [0, 0.1) is 12.1 Å². The van der Waals surface area contributed by atoms with Gasteiger partial charge in [-0.3, -0.25) is 4.90 Å². The summed E-state index contributed by atoms with van der Waals surface area (Å²) in [5, 5.41) is 11.8. The topological polar surface area (TPSA) is 49.8 Å². The minimum atomic E-state index is -0.528. The van der Waals surface area contributed by atoms with E-state index in [1.807, 2.05) is 39.8 Å². The lowest BCUT2D eigenvalue weighted by Gasteiger charge is -2.32. The van der Waals surface area contributed by atoms with Gasteiger partial charge in [0.1, 0.15) is 11.4 Å². The molecule has 1 atom stereocenters. The van der Waals surface area contributed by atoms with Crippen molar-refractivity contribution in [2.45, 2.75) is 58.2 Å². The molecule has 0 bridgehead atoms. The molecule has 1 N–H and O–H groups in total. The number of amides is 1. The van der Waals surface area contributed by atoms with Crippen molar-refractivity contribution >= 4 is 16.9 Å². The summed E-state index contributed by atoms with van der Waals surface area (Å²) < 4.78 is 5.57. The van der Waals surface area contributed by atoms with Crippen LogP contribution >= 0.6 is 0 Å². The van der Waals surface area contributed by atoms with E-state index in [-0.39, 0.29) is 23.9 Å². The molecule has 0 aliphatic heterocycles. The first-order valence-electron chi connectivity index (χ1n) is 8.32. The molecule has 0 heterocycles. The Bertz CT molecular complexity index is 759. The maximum Gasteiger partial charge on any atom is 0.411 e. The zero-order valence-corrected chi connectivity index (χ0v) is 14.6. The van der Waals surface area contributed by atoms with Crippen molar-refractivity contribution in [2.75, 3.05) is 0 Å². The molecule has 2 aromatic rings. The molecule has 1 aliphatic rings.